The van der Waals surface area contributed by atoms with Gasteiger partial charge in [0.2, 0.25) is 0 Å². The molecule has 110 valence electrons. The van der Waals surface area contributed by atoms with Crippen LogP contribution in [-0.4, -0.2) is 0 Å². The van der Waals surface area contributed by atoms with Gasteiger partial charge in [-0.1, -0.05) is 6.07 Å². The molecule has 20 heavy (non-hydrogen) atoms. The van der Waals surface area contributed by atoms with E-state index in [0.29, 0.717) is 12.3 Å². The predicted octanol–water partition coefficient (Wildman–Crippen LogP) is 5.80. The van der Waals surface area contributed by atoms with Crippen LogP contribution in [0.2, 0.25) is 0 Å². The minimum absolute atomic E-state index is 0.259. The summed E-state index contributed by atoms with van der Waals surface area (Å²) < 4.78 is 50.0. The van der Waals surface area contributed by atoms with Gasteiger partial charge in [-0.3, -0.25) is 0 Å². The maximum absolute atomic E-state index is 13.2. The molecule has 1 fully saturated rings. The highest BCUT2D eigenvalue weighted by molar-refractivity contribution is 5.22. The van der Waals surface area contributed by atoms with Gasteiger partial charge in [0.25, 0.3) is 6.08 Å². The molecule has 1 aliphatic carbocycles. The summed E-state index contributed by atoms with van der Waals surface area (Å²) in [5.41, 5.74) is 0.844. The topological polar surface area (TPSA) is 0 Å². The zero-order chi connectivity index (χ0) is 14.5. The molecule has 0 nitrogen and oxygen atoms in total. The molecule has 1 aromatic carbocycles. The lowest BCUT2D eigenvalue weighted by Gasteiger charge is -2.28. The van der Waals surface area contributed by atoms with Gasteiger partial charge in [-0.25, -0.2) is 8.78 Å². The first kappa shape index (κ1) is 15.1. The first-order chi connectivity index (χ1) is 9.56. The van der Waals surface area contributed by atoms with Crippen molar-refractivity contribution in [3.05, 3.63) is 47.6 Å². The van der Waals surface area contributed by atoms with Crippen molar-refractivity contribution in [3.63, 3.8) is 0 Å². The first-order valence-corrected chi connectivity index (χ1v) is 7.02. The van der Waals surface area contributed by atoms with Gasteiger partial charge in [-0.2, -0.15) is 8.78 Å². The Labute approximate surface area is 116 Å². The Morgan fingerprint density at radius 2 is 1.75 bits per heavy atom. The van der Waals surface area contributed by atoms with Crippen LogP contribution in [-0.2, 0) is 0 Å². The van der Waals surface area contributed by atoms with E-state index < -0.39 is 17.7 Å². The summed E-state index contributed by atoms with van der Waals surface area (Å²) in [5, 5.41) is 0. The fourth-order valence-electron chi connectivity index (χ4n) is 2.98. The Kier molecular flexibility index (Phi) is 5.21. The zero-order valence-electron chi connectivity index (χ0n) is 11.2. The van der Waals surface area contributed by atoms with Gasteiger partial charge >= 0.3 is 0 Å². The van der Waals surface area contributed by atoms with Gasteiger partial charge in [0.15, 0.2) is 11.6 Å². The molecule has 0 N–H and O–H groups in total. The molecule has 0 radical (unpaired) electrons. The first-order valence-electron chi connectivity index (χ1n) is 7.02. The van der Waals surface area contributed by atoms with E-state index in [9.17, 15) is 17.6 Å². The van der Waals surface area contributed by atoms with Gasteiger partial charge in [0, 0.05) is 0 Å². The molecule has 0 spiro atoms. The maximum Gasteiger partial charge on any atom is 0.266 e. The molecule has 0 unspecified atom stereocenters. The Bertz CT molecular complexity index is 469. The molecule has 1 aromatic rings. The second-order valence-electron chi connectivity index (χ2n) is 5.46. The van der Waals surface area contributed by atoms with Crippen LogP contribution in [0.1, 0.15) is 50.0 Å². The maximum atomic E-state index is 13.2. The molecular weight excluding hydrogens is 268 g/mol. The number of hydrogen-bond acceptors (Lipinski definition) is 0. The van der Waals surface area contributed by atoms with E-state index in [1.807, 2.05) is 0 Å². The van der Waals surface area contributed by atoms with E-state index in [0.717, 1.165) is 43.7 Å². The average molecular weight is 286 g/mol. The number of allylic oxidation sites excluding steroid dienone is 1. The summed E-state index contributed by atoms with van der Waals surface area (Å²) in [6, 6.07) is 4.09. The van der Waals surface area contributed by atoms with Crippen molar-refractivity contribution >= 4 is 0 Å². The Hall–Kier alpha value is -1.32. The molecule has 0 saturated heterocycles. The lowest BCUT2D eigenvalue weighted by atomic mass is 9.77. The second-order valence-corrected chi connectivity index (χ2v) is 5.46. The van der Waals surface area contributed by atoms with Gasteiger partial charge in [0.05, 0.1) is 0 Å². The summed E-state index contributed by atoms with van der Waals surface area (Å²) >= 11 is 0. The fraction of sp³-hybridized carbons (Fsp3) is 0.500. The molecule has 2 rings (SSSR count). The van der Waals surface area contributed by atoms with Gasteiger partial charge in [-0.15, -0.1) is 0 Å². The summed E-state index contributed by atoms with van der Waals surface area (Å²) in [7, 11) is 0. The van der Waals surface area contributed by atoms with Crippen molar-refractivity contribution < 1.29 is 17.6 Å². The predicted molar refractivity (Wildman–Crippen MR) is 70.6 cm³/mol. The Morgan fingerprint density at radius 1 is 1.05 bits per heavy atom. The third-order valence-corrected chi connectivity index (χ3v) is 4.14. The SMILES string of the molecule is FC(F)=CCCC1CCC(c2ccc(F)c(F)c2)CC1. The third-order valence-electron chi connectivity index (χ3n) is 4.14. The monoisotopic (exact) mass is 286 g/mol. The highest BCUT2D eigenvalue weighted by atomic mass is 19.3. The number of hydrogen-bond donors (Lipinski definition) is 0. The molecule has 0 heterocycles. The molecular formula is C16H18F4. The van der Waals surface area contributed by atoms with Crippen LogP contribution >= 0.6 is 0 Å². The third kappa shape index (κ3) is 4.09. The Balaban J connectivity index is 1.84. The molecule has 0 amide bonds. The fourth-order valence-corrected chi connectivity index (χ4v) is 2.98. The quantitative estimate of drug-likeness (QED) is 0.614. The van der Waals surface area contributed by atoms with E-state index in [4.69, 9.17) is 0 Å². The average Bonchev–Trinajstić information content (AvgIpc) is 2.42. The lowest BCUT2D eigenvalue weighted by molar-refractivity contribution is 0.309. The van der Waals surface area contributed by atoms with Gasteiger partial charge in [-0.05, 0) is 74.1 Å². The van der Waals surface area contributed by atoms with Crippen molar-refractivity contribution in [2.45, 2.75) is 44.4 Å². The van der Waals surface area contributed by atoms with Gasteiger partial charge < -0.3 is 0 Å². The zero-order valence-corrected chi connectivity index (χ0v) is 11.2. The standard InChI is InChI=1S/C16H18F4/c17-14-9-8-13(10-15(14)18)12-6-4-11(5-7-12)2-1-3-16(19)20/h3,8-12H,1-2,4-7H2. The highest BCUT2D eigenvalue weighted by Crippen LogP contribution is 2.37. The van der Waals surface area contributed by atoms with Crippen molar-refractivity contribution in [1.82, 2.24) is 0 Å². The summed E-state index contributed by atoms with van der Waals surface area (Å²) in [6.07, 6.45) is 4.32. The molecule has 1 saturated carbocycles. The number of benzene rings is 1. The van der Waals surface area contributed by atoms with Crippen LogP contribution in [0.4, 0.5) is 17.6 Å². The van der Waals surface area contributed by atoms with E-state index in [-0.39, 0.29) is 5.92 Å². The van der Waals surface area contributed by atoms with Crippen LogP contribution in [0.5, 0.6) is 0 Å². The molecule has 0 aliphatic heterocycles. The van der Waals surface area contributed by atoms with Crippen molar-refractivity contribution in [3.8, 4) is 0 Å². The van der Waals surface area contributed by atoms with E-state index in [1.54, 1.807) is 6.07 Å². The van der Waals surface area contributed by atoms with Crippen molar-refractivity contribution in [2.75, 3.05) is 0 Å². The largest absolute Gasteiger partial charge is 0.266 e. The summed E-state index contributed by atoms with van der Waals surface area (Å²) in [5.74, 6) is -0.891. The molecule has 1 aliphatic rings. The van der Waals surface area contributed by atoms with Crippen LogP contribution in [0.15, 0.2) is 30.4 Å². The van der Waals surface area contributed by atoms with Crippen LogP contribution in [0.25, 0.3) is 0 Å². The minimum Gasteiger partial charge on any atom is -0.204 e. The Morgan fingerprint density at radius 3 is 2.35 bits per heavy atom. The van der Waals surface area contributed by atoms with Crippen LogP contribution in [0, 0.1) is 17.6 Å². The lowest BCUT2D eigenvalue weighted by Crippen LogP contribution is -2.13. The molecule has 0 bridgehead atoms. The smallest absolute Gasteiger partial charge is 0.204 e. The molecule has 4 heteroatoms. The van der Waals surface area contributed by atoms with E-state index in [2.05, 4.69) is 0 Å². The molecule has 0 atom stereocenters. The number of rotatable bonds is 4. The van der Waals surface area contributed by atoms with Gasteiger partial charge in [0.1, 0.15) is 0 Å². The summed E-state index contributed by atoms with van der Waals surface area (Å²) in [6.45, 7) is 0. The summed E-state index contributed by atoms with van der Waals surface area (Å²) in [4.78, 5) is 0. The van der Waals surface area contributed by atoms with Crippen LogP contribution < -0.4 is 0 Å². The van der Waals surface area contributed by atoms with Crippen LogP contribution in [0.3, 0.4) is 0 Å². The normalized spacial score (nSPS) is 22.6. The van der Waals surface area contributed by atoms with Crippen molar-refractivity contribution in [2.24, 2.45) is 5.92 Å². The minimum atomic E-state index is -1.61. The van der Waals surface area contributed by atoms with E-state index in [1.165, 1.54) is 12.1 Å². The number of halogens is 4. The van der Waals surface area contributed by atoms with Crippen molar-refractivity contribution in [1.29, 1.82) is 0 Å². The second kappa shape index (κ2) is 6.91. The molecule has 0 aromatic heterocycles. The van der Waals surface area contributed by atoms with E-state index >= 15 is 0 Å². The highest BCUT2D eigenvalue weighted by Gasteiger charge is 2.22.